The molecule has 0 fully saturated rings. The molecule has 3 rings (SSSR count). The Labute approximate surface area is 220 Å². The van der Waals surface area contributed by atoms with Gasteiger partial charge in [0.05, 0.1) is 37.5 Å². The highest BCUT2D eigenvalue weighted by atomic mass is 32.1. The first-order chi connectivity index (χ1) is 17.8. The van der Waals surface area contributed by atoms with Gasteiger partial charge < -0.3 is 25.0 Å². The zero-order valence-corrected chi connectivity index (χ0v) is 21.7. The van der Waals surface area contributed by atoms with E-state index in [4.69, 9.17) is 31.6 Å². The molecule has 0 saturated heterocycles. The molecule has 2 aromatic carbocycles. The summed E-state index contributed by atoms with van der Waals surface area (Å²) in [5.74, 6) is 0.262. The highest BCUT2D eigenvalue weighted by Gasteiger charge is 2.35. The Hall–Kier alpha value is -3.05. The lowest BCUT2D eigenvalue weighted by atomic mass is 10.1. The van der Waals surface area contributed by atoms with Crippen molar-refractivity contribution in [3.8, 4) is 22.1 Å². The highest BCUT2D eigenvalue weighted by Crippen LogP contribution is 2.41. The molecule has 0 bridgehead atoms. The Balaban J connectivity index is 1.61. The van der Waals surface area contributed by atoms with E-state index in [0.29, 0.717) is 30.9 Å². The number of aromatic nitrogens is 2. The molecule has 0 spiro atoms. The number of ether oxygens (including phenoxy) is 2. The molecule has 0 aliphatic carbocycles. The van der Waals surface area contributed by atoms with E-state index < -0.39 is 31.7 Å². The van der Waals surface area contributed by atoms with Crippen LogP contribution in [0.15, 0.2) is 42.5 Å². The van der Waals surface area contributed by atoms with Crippen molar-refractivity contribution >= 4 is 24.8 Å². The first-order valence-electron chi connectivity index (χ1n) is 11.1. The monoisotopic (exact) mass is 572 g/mol. The van der Waals surface area contributed by atoms with Gasteiger partial charge in [0.1, 0.15) is 21.5 Å². The van der Waals surface area contributed by atoms with Crippen LogP contribution in [-0.2, 0) is 20.8 Å². The molecule has 1 aromatic heterocycles. The van der Waals surface area contributed by atoms with Gasteiger partial charge in [-0.15, -0.1) is 10.2 Å². The van der Waals surface area contributed by atoms with Crippen LogP contribution in [0.5, 0.6) is 11.5 Å². The summed E-state index contributed by atoms with van der Waals surface area (Å²) in [6.45, 7) is 8.13. The second-order valence-electron chi connectivity index (χ2n) is 8.31. The summed E-state index contributed by atoms with van der Waals surface area (Å²) in [5.41, 5.74) is 4.22. The summed E-state index contributed by atoms with van der Waals surface area (Å²) in [4.78, 5) is 21.1. The van der Waals surface area contributed by atoms with Crippen molar-refractivity contribution in [3.05, 3.63) is 64.5 Å². The van der Waals surface area contributed by atoms with Crippen LogP contribution in [0, 0.1) is 6.57 Å². The van der Waals surface area contributed by atoms with Gasteiger partial charge in [0, 0.05) is 5.56 Å². The van der Waals surface area contributed by atoms with Gasteiger partial charge in [-0.1, -0.05) is 23.5 Å². The maximum absolute atomic E-state index is 13.8. The molecular weight excluding hydrogens is 548 g/mol. The zero-order chi connectivity index (χ0) is 28.0. The first-order valence-corrected chi connectivity index (χ1v) is 13.4. The van der Waals surface area contributed by atoms with E-state index >= 15 is 0 Å². The molecule has 0 saturated carbocycles. The lowest BCUT2D eigenvalue weighted by Gasteiger charge is -2.21. The van der Waals surface area contributed by atoms with Crippen molar-refractivity contribution in [2.45, 2.75) is 31.5 Å². The van der Waals surface area contributed by atoms with E-state index in [1.54, 1.807) is 24.3 Å². The van der Waals surface area contributed by atoms with Gasteiger partial charge >= 0.3 is 14.0 Å². The number of halogens is 3. The van der Waals surface area contributed by atoms with Crippen molar-refractivity contribution in [3.63, 3.8) is 0 Å². The molecule has 3 aromatic rings. The number of unbranched alkanes of at least 4 members (excludes halogenated alkanes) is 1. The fourth-order valence-corrected chi connectivity index (χ4v) is 4.37. The molecule has 4 N–H and O–H groups in total. The molecule has 10 nitrogen and oxygen atoms in total. The van der Waals surface area contributed by atoms with Gasteiger partial charge in [0.2, 0.25) is 0 Å². The second kappa shape index (κ2) is 12.2. The minimum Gasteiger partial charge on any atom is -0.494 e. The second-order valence-corrected chi connectivity index (χ2v) is 10.5. The van der Waals surface area contributed by atoms with Crippen molar-refractivity contribution in [1.29, 1.82) is 0 Å². The van der Waals surface area contributed by atoms with Gasteiger partial charge in [0.25, 0.3) is 0 Å². The third-order valence-electron chi connectivity index (χ3n) is 5.01. The van der Waals surface area contributed by atoms with E-state index in [-0.39, 0.29) is 27.9 Å². The van der Waals surface area contributed by atoms with Crippen molar-refractivity contribution in [1.82, 2.24) is 10.2 Å². The molecule has 1 atom stereocenters. The van der Waals surface area contributed by atoms with Gasteiger partial charge in [-0.2, -0.15) is 13.2 Å². The van der Waals surface area contributed by atoms with E-state index in [1.807, 2.05) is 0 Å². The summed E-state index contributed by atoms with van der Waals surface area (Å²) < 4.78 is 67.6. The molecule has 204 valence electrons. The number of hydrogen-bond acceptors (Lipinski definition) is 8. The van der Waals surface area contributed by atoms with Crippen LogP contribution in [0.4, 0.5) is 18.9 Å². The number of benzene rings is 2. The van der Waals surface area contributed by atoms with Gasteiger partial charge in [0.15, 0.2) is 5.69 Å². The minimum absolute atomic E-state index is 0.0382. The summed E-state index contributed by atoms with van der Waals surface area (Å²) in [5, 5.41) is 8.00. The van der Waals surface area contributed by atoms with Gasteiger partial charge in [-0.25, -0.2) is 9.41 Å². The van der Waals surface area contributed by atoms with Crippen molar-refractivity contribution in [2.75, 3.05) is 19.8 Å². The average molecular weight is 573 g/mol. The Morgan fingerprint density at radius 2 is 1.74 bits per heavy atom. The Morgan fingerprint density at radius 3 is 2.34 bits per heavy atom. The summed E-state index contributed by atoms with van der Waals surface area (Å²) in [7, 11) is -4.78. The summed E-state index contributed by atoms with van der Waals surface area (Å²) >= 11 is 0.879. The van der Waals surface area contributed by atoms with Crippen LogP contribution in [0.2, 0.25) is 0 Å². The lowest BCUT2D eigenvalue weighted by molar-refractivity contribution is -0.138. The van der Waals surface area contributed by atoms with Gasteiger partial charge in [-0.3, -0.25) is 4.52 Å². The van der Waals surface area contributed by atoms with Crippen molar-refractivity contribution < 1.29 is 41.5 Å². The third-order valence-corrected chi connectivity index (χ3v) is 6.73. The fourth-order valence-electron chi connectivity index (χ4n) is 3.05. The number of nitrogens with zero attached hydrogens (tertiary/aromatic N) is 3. The number of alkyl halides is 3. The van der Waals surface area contributed by atoms with E-state index in [1.165, 1.54) is 19.1 Å². The molecule has 0 amide bonds. The van der Waals surface area contributed by atoms with Crippen molar-refractivity contribution in [2.24, 2.45) is 5.73 Å². The maximum Gasteiger partial charge on any atom is 0.469 e. The quantitative estimate of drug-likeness (QED) is 0.150. The molecule has 0 aliphatic heterocycles. The number of nitrogens with two attached hydrogens (primary N) is 1. The fraction of sp³-hybridized carbons (Fsp3) is 0.348. The number of rotatable bonds is 12. The van der Waals surface area contributed by atoms with Crippen LogP contribution >= 0.6 is 19.2 Å². The van der Waals surface area contributed by atoms with E-state index in [2.05, 4.69) is 19.6 Å². The van der Waals surface area contributed by atoms with Crippen LogP contribution in [0.1, 0.15) is 30.3 Å². The molecule has 1 heterocycles. The predicted octanol–water partition coefficient (Wildman–Crippen LogP) is 5.30. The Morgan fingerprint density at radius 1 is 1.08 bits per heavy atom. The summed E-state index contributed by atoms with van der Waals surface area (Å²) in [6.07, 6.45) is -3.70. The molecule has 0 aliphatic rings. The molecule has 0 unspecified atom stereocenters. The van der Waals surface area contributed by atoms with Crippen LogP contribution in [-0.4, -0.2) is 39.8 Å². The molecular formula is C23H24F3N4O6PS. The third kappa shape index (κ3) is 8.49. The van der Waals surface area contributed by atoms with Crippen LogP contribution in [0.3, 0.4) is 0 Å². The zero-order valence-electron chi connectivity index (χ0n) is 20.0. The highest BCUT2D eigenvalue weighted by molar-refractivity contribution is 7.46. The summed E-state index contributed by atoms with van der Waals surface area (Å²) in [6, 6.07) is 10.1. The number of phosphoric acid groups is 1. The molecule has 38 heavy (non-hydrogen) atoms. The minimum atomic E-state index is -4.78. The number of hydrogen-bond donors (Lipinski definition) is 3. The number of phosphoric ester groups is 1. The Bertz CT molecular complexity index is 1320. The lowest BCUT2D eigenvalue weighted by Crippen LogP contribution is -2.37. The SMILES string of the molecule is [C-]#[N+]c1ccc(OCCCCOc2ccc(-c3nnc([C@@](C)(N)COP(=O)(O)O)s3)cc2C(F)(F)F)cc1. The average Bonchev–Trinajstić information content (AvgIpc) is 3.36. The normalized spacial score (nSPS) is 13.5. The molecule has 15 heteroatoms. The standard InChI is InChI=1S/C23H24F3N4O6PS/c1-22(27,14-36-37(31,32)33)21-30-29-20(38-21)15-5-10-19(18(13-15)23(24,25)26)35-12-4-3-11-34-17-8-6-16(28-2)7-9-17/h5-10,13H,3-4,11-12,14,27H2,1H3,(H2,31,32,33)/t22-/m0/s1. The maximum atomic E-state index is 13.8. The smallest absolute Gasteiger partial charge is 0.469 e. The van der Waals surface area contributed by atoms with Crippen LogP contribution < -0.4 is 15.2 Å². The molecule has 0 radical (unpaired) electrons. The van der Waals surface area contributed by atoms with Crippen LogP contribution in [0.25, 0.3) is 15.4 Å². The van der Waals surface area contributed by atoms with E-state index in [9.17, 15) is 17.7 Å². The topological polar surface area (TPSA) is 141 Å². The first kappa shape index (κ1) is 29.5. The largest absolute Gasteiger partial charge is 0.494 e. The van der Waals surface area contributed by atoms with Gasteiger partial charge in [-0.05, 0) is 50.1 Å². The Kier molecular flexibility index (Phi) is 9.48. The van der Waals surface area contributed by atoms with E-state index in [0.717, 1.165) is 17.4 Å². The predicted molar refractivity (Wildman–Crippen MR) is 133 cm³/mol.